The van der Waals surface area contributed by atoms with E-state index in [1.54, 1.807) is 12.1 Å². The normalized spacial score (nSPS) is 10.9. The molecule has 1 aromatic heterocycles. The molecule has 5 heteroatoms. The molecule has 90 valence electrons. The van der Waals surface area contributed by atoms with Crippen LogP contribution in [-0.2, 0) is 6.54 Å². The molecule has 0 radical (unpaired) electrons. The highest BCUT2D eigenvalue weighted by molar-refractivity contribution is 5.76. The van der Waals surface area contributed by atoms with E-state index in [4.69, 9.17) is 5.73 Å². The molecular formula is C12H16N4O. The predicted octanol–water partition coefficient (Wildman–Crippen LogP) is 0.920. The van der Waals surface area contributed by atoms with Crippen molar-refractivity contribution in [3.8, 4) is 0 Å². The zero-order valence-electron chi connectivity index (χ0n) is 9.67. The maximum absolute atomic E-state index is 12.0. The SMILES string of the molecule is NCCCCCn1nnc2ccccc2c1=O. The Morgan fingerprint density at radius 3 is 2.82 bits per heavy atom. The van der Waals surface area contributed by atoms with Gasteiger partial charge in [0.1, 0.15) is 5.52 Å². The number of nitrogens with zero attached hydrogens (tertiary/aromatic N) is 3. The number of aromatic nitrogens is 3. The third-order valence-electron chi connectivity index (χ3n) is 2.70. The van der Waals surface area contributed by atoms with Gasteiger partial charge in [0, 0.05) is 6.54 Å². The van der Waals surface area contributed by atoms with E-state index in [2.05, 4.69) is 10.3 Å². The Balaban J connectivity index is 2.18. The Morgan fingerprint density at radius 1 is 1.18 bits per heavy atom. The van der Waals surface area contributed by atoms with Crippen LogP contribution in [0, 0.1) is 0 Å². The van der Waals surface area contributed by atoms with E-state index >= 15 is 0 Å². The largest absolute Gasteiger partial charge is 0.330 e. The van der Waals surface area contributed by atoms with Crippen LogP contribution in [0.25, 0.3) is 10.9 Å². The van der Waals surface area contributed by atoms with Crippen LogP contribution in [0.1, 0.15) is 19.3 Å². The fourth-order valence-electron chi connectivity index (χ4n) is 1.75. The Hall–Kier alpha value is -1.75. The van der Waals surface area contributed by atoms with Crippen LogP contribution in [0.2, 0.25) is 0 Å². The molecule has 1 heterocycles. The lowest BCUT2D eigenvalue weighted by Gasteiger charge is -2.04. The van der Waals surface area contributed by atoms with Gasteiger partial charge in [0.15, 0.2) is 0 Å². The molecule has 0 fully saturated rings. The van der Waals surface area contributed by atoms with Gasteiger partial charge in [-0.2, -0.15) is 0 Å². The first-order valence-corrected chi connectivity index (χ1v) is 5.85. The fraction of sp³-hybridized carbons (Fsp3) is 0.417. The molecule has 2 aromatic rings. The zero-order valence-corrected chi connectivity index (χ0v) is 9.67. The van der Waals surface area contributed by atoms with E-state index in [9.17, 15) is 4.79 Å². The van der Waals surface area contributed by atoms with Gasteiger partial charge in [0.2, 0.25) is 0 Å². The van der Waals surface area contributed by atoms with Gasteiger partial charge in [0.05, 0.1) is 5.39 Å². The molecule has 0 spiro atoms. The standard InChI is InChI=1S/C12H16N4O/c13-8-4-1-5-9-16-12(17)10-6-2-3-7-11(10)14-15-16/h2-3,6-7H,1,4-5,8-9,13H2. The minimum Gasteiger partial charge on any atom is -0.330 e. The van der Waals surface area contributed by atoms with Gasteiger partial charge in [-0.15, -0.1) is 5.10 Å². The van der Waals surface area contributed by atoms with E-state index in [1.165, 1.54) is 4.68 Å². The van der Waals surface area contributed by atoms with Gasteiger partial charge in [0.25, 0.3) is 5.56 Å². The Labute approximate surface area is 99.2 Å². The lowest BCUT2D eigenvalue weighted by molar-refractivity contribution is 0.505. The molecule has 5 nitrogen and oxygen atoms in total. The highest BCUT2D eigenvalue weighted by atomic mass is 16.1. The number of unbranched alkanes of at least 4 members (excludes halogenated alkanes) is 2. The average molecular weight is 232 g/mol. The molecule has 0 amide bonds. The summed E-state index contributed by atoms with van der Waals surface area (Å²) in [6.07, 6.45) is 2.90. The summed E-state index contributed by atoms with van der Waals surface area (Å²) in [5.74, 6) is 0. The Kier molecular flexibility index (Phi) is 3.82. The minimum atomic E-state index is -0.0663. The van der Waals surface area contributed by atoms with E-state index in [0.717, 1.165) is 19.3 Å². The molecule has 0 bridgehead atoms. The summed E-state index contributed by atoms with van der Waals surface area (Å²) in [6.45, 7) is 1.30. The van der Waals surface area contributed by atoms with Crippen LogP contribution in [0.15, 0.2) is 29.1 Å². The molecule has 2 rings (SSSR count). The topological polar surface area (TPSA) is 73.8 Å². The second-order valence-corrected chi connectivity index (χ2v) is 3.98. The maximum atomic E-state index is 12.0. The first kappa shape index (κ1) is 11.7. The third kappa shape index (κ3) is 2.68. The summed E-state index contributed by atoms with van der Waals surface area (Å²) < 4.78 is 1.43. The molecule has 2 N–H and O–H groups in total. The van der Waals surface area contributed by atoms with Crippen LogP contribution >= 0.6 is 0 Å². The predicted molar refractivity (Wildman–Crippen MR) is 66.7 cm³/mol. The third-order valence-corrected chi connectivity index (χ3v) is 2.70. The summed E-state index contributed by atoms with van der Waals surface area (Å²) in [5, 5.41) is 8.58. The smallest absolute Gasteiger partial charge is 0.277 e. The quantitative estimate of drug-likeness (QED) is 0.778. The van der Waals surface area contributed by atoms with Gasteiger partial charge < -0.3 is 5.73 Å². The summed E-state index contributed by atoms with van der Waals surface area (Å²) in [6, 6.07) is 7.26. The second kappa shape index (κ2) is 5.54. The van der Waals surface area contributed by atoms with Crippen molar-refractivity contribution < 1.29 is 0 Å². The molecule has 17 heavy (non-hydrogen) atoms. The van der Waals surface area contributed by atoms with Gasteiger partial charge in [-0.05, 0) is 31.5 Å². The van der Waals surface area contributed by atoms with Crippen molar-refractivity contribution in [2.75, 3.05) is 6.54 Å². The second-order valence-electron chi connectivity index (χ2n) is 3.98. The van der Waals surface area contributed by atoms with E-state index in [-0.39, 0.29) is 5.56 Å². The highest BCUT2D eigenvalue weighted by Gasteiger charge is 2.03. The van der Waals surface area contributed by atoms with Gasteiger partial charge in [-0.1, -0.05) is 23.8 Å². The lowest BCUT2D eigenvalue weighted by atomic mass is 10.2. The number of rotatable bonds is 5. The van der Waals surface area contributed by atoms with Crippen LogP contribution in [0.4, 0.5) is 0 Å². The number of fused-ring (bicyclic) bond motifs is 1. The van der Waals surface area contributed by atoms with Crippen molar-refractivity contribution in [1.82, 2.24) is 15.0 Å². The number of hydrogen-bond acceptors (Lipinski definition) is 4. The average Bonchev–Trinajstić information content (AvgIpc) is 2.37. The number of nitrogens with two attached hydrogens (primary N) is 1. The lowest BCUT2D eigenvalue weighted by Crippen LogP contribution is -2.24. The van der Waals surface area contributed by atoms with Crippen LogP contribution in [0.3, 0.4) is 0 Å². The van der Waals surface area contributed by atoms with Crippen molar-refractivity contribution in [3.63, 3.8) is 0 Å². The number of hydrogen-bond donors (Lipinski definition) is 1. The molecular weight excluding hydrogens is 216 g/mol. The van der Waals surface area contributed by atoms with Gasteiger partial charge in [-0.25, -0.2) is 4.68 Å². The maximum Gasteiger partial charge on any atom is 0.277 e. The molecule has 0 aliphatic heterocycles. The highest BCUT2D eigenvalue weighted by Crippen LogP contribution is 2.04. The molecule has 0 saturated carbocycles. The van der Waals surface area contributed by atoms with Crippen LogP contribution in [0.5, 0.6) is 0 Å². The van der Waals surface area contributed by atoms with E-state index < -0.39 is 0 Å². The van der Waals surface area contributed by atoms with Crippen LogP contribution in [-0.4, -0.2) is 21.5 Å². The van der Waals surface area contributed by atoms with E-state index in [0.29, 0.717) is 24.0 Å². The first-order valence-electron chi connectivity index (χ1n) is 5.85. The van der Waals surface area contributed by atoms with Crippen molar-refractivity contribution in [3.05, 3.63) is 34.6 Å². The Morgan fingerprint density at radius 2 is 2.00 bits per heavy atom. The molecule has 0 unspecified atom stereocenters. The minimum absolute atomic E-state index is 0.0663. The number of aryl methyl sites for hydroxylation is 1. The van der Waals surface area contributed by atoms with Gasteiger partial charge >= 0.3 is 0 Å². The first-order chi connectivity index (χ1) is 8.33. The molecule has 0 aliphatic rings. The monoisotopic (exact) mass is 232 g/mol. The molecule has 1 aromatic carbocycles. The van der Waals surface area contributed by atoms with Crippen molar-refractivity contribution in [1.29, 1.82) is 0 Å². The summed E-state index contributed by atoms with van der Waals surface area (Å²) in [7, 11) is 0. The zero-order chi connectivity index (χ0) is 12.1. The summed E-state index contributed by atoms with van der Waals surface area (Å²) >= 11 is 0. The fourth-order valence-corrected chi connectivity index (χ4v) is 1.75. The van der Waals surface area contributed by atoms with Gasteiger partial charge in [-0.3, -0.25) is 4.79 Å². The molecule has 0 aliphatic carbocycles. The summed E-state index contributed by atoms with van der Waals surface area (Å²) in [5.41, 5.74) is 6.00. The number of benzene rings is 1. The summed E-state index contributed by atoms with van der Waals surface area (Å²) in [4.78, 5) is 12.0. The van der Waals surface area contributed by atoms with Crippen LogP contribution < -0.4 is 11.3 Å². The Bertz CT molecular complexity index is 549. The molecule has 0 saturated heterocycles. The molecule has 0 atom stereocenters. The van der Waals surface area contributed by atoms with Crippen molar-refractivity contribution >= 4 is 10.9 Å². The van der Waals surface area contributed by atoms with E-state index in [1.807, 2.05) is 12.1 Å². The van der Waals surface area contributed by atoms with Crippen molar-refractivity contribution in [2.45, 2.75) is 25.8 Å². The van der Waals surface area contributed by atoms with Crippen molar-refractivity contribution in [2.24, 2.45) is 5.73 Å².